The first-order valence-corrected chi connectivity index (χ1v) is 4.27. The van der Waals surface area contributed by atoms with Crippen LogP contribution in [-0.4, -0.2) is 23.3 Å². The van der Waals surface area contributed by atoms with Crippen LogP contribution in [-0.2, 0) is 4.79 Å². The summed E-state index contributed by atoms with van der Waals surface area (Å²) >= 11 is 0. The van der Waals surface area contributed by atoms with Gasteiger partial charge >= 0.3 is 0 Å². The van der Waals surface area contributed by atoms with Gasteiger partial charge in [-0.1, -0.05) is 0 Å². The van der Waals surface area contributed by atoms with Gasteiger partial charge in [-0.05, 0) is 19.1 Å². The molecular weight excluding hydrogens is 180 g/mol. The van der Waals surface area contributed by atoms with E-state index in [1.165, 1.54) is 0 Å². The molecule has 0 aliphatic carbocycles. The molecule has 1 atom stereocenters. The molecule has 1 aromatic rings. The van der Waals surface area contributed by atoms with Gasteiger partial charge in [0.05, 0.1) is 11.9 Å². The van der Waals surface area contributed by atoms with E-state index in [-0.39, 0.29) is 0 Å². The number of rotatable bonds is 2. The van der Waals surface area contributed by atoms with Crippen molar-refractivity contribution in [3.8, 4) is 0 Å². The van der Waals surface area contributed by atoms with Gasteiger partial charge in [0, 0.05) is 6.20 Å². The lowest BCUT2D eigenvalue weighted by Gasteiger charge is -2.20. The van der Waals surface area contributed by atoms with Crippen LogP contribution in [0.25, 0.3) is 0 Å². The lowest BCUT2D eigenvalue weighted by molar-refractivity contribution is -0.108. The molecule has 14 heavy (non-hydrogen) atoms. The molecule has 5 heteroatoms. The number of pyridine rings is 1. The number of hydrogen-bond donors (Lipinski definition) is 1. The summed E-state index contributed by atoms with van der Waals surface area (Å²) < 4.78 is 0. The second-order valence-electron chi connectivity index (χ2n) is 2.96. The molecule has 2 rings (SSSR count). The number of nitrogens with zero attached hydrogens (tertiary/aromatic N) is 3. The molecule has 72 valence electrons. The average Bonchev–Trinajstić information content (AvgIpc) is 2.61. The maximum absolute atomic E-state index is 10.7. The first-order valence-electron chi connectivity index (χ1n) is 4.27. The predicted octanol–water partition coefficient (Wildman–Crippen LogP) is 0.350. The minimum atomic E-state index is -0.487. The SMILES string of the molecule is CC1=NC(C=O)N(c2cccnc2)N1. The molecule has 0 saturated heterocycles. The largest absolute Gasteiger partial charge is 0.299 e. The molecule has 2 heterocycles. The quantitative estimate of drug-likeness (QED) is 0.684. The second kappa shape index (κ2) is 3.45. The third kappa shape index (κ3) is 1.44. The lowest BCUT2D eigenvalue weighted by atomic mass is 10.4. The Hall–Kier alpha value is -1.91. The number of anilines is 1. The van der Waals surface area contributed by atoms with Crippen LogP contribution < -0.4 is 10.4 Å². The van der Waals surface area contributed by atoms with Crippen molar-refractivity contribution in [1.82, 2.24) is 10.4 Å². The van der Waals surface area contributed by atoms with Crippen LogP contribution >= 0.6 is 0 Å². The third-order valence-electron chi connectivity index (χ3n) is 1.92. The summed E-state index contributed by atoms with van der Waals surface area (Å²) in [5.41, 5.74) is 3.81. The number of hydrogen-bond acceptors (Lipinski definition) is 5. The number of carbonyl (C=O) groups excluding carboxylic acids is 1. The summed E-state index contributed by atoms with van der Waals surface area (Å²) in [6, 6.07) is 3.68. The molecule has 1 unspecified atom stereocenters. The minimum Gasteiger partial charge on any atom is -0.299 e. The number of nitrogens with one attached hydrogen (secondary N) is 1. The molecule has 1 aliphatic rings. The molecule has 1 aliphatic heterocycles. The summed E-state index contributed by atoms with van der Waals surface area (Å²) in [6.07, 6.45) is 3.66. The van der Waals surface area contributed by atoms with Crippen LogP contribution in [0.15, 0.2) is 29.5 Å². The van der Waals surface area contributed by atoms with Crippen molar-refractivity contribution >= 4 is 17.8 Å². The van der Waals surface area contributed by atoms with E-state index in [0.717, 1.165) is 17.8 Å². The second-order valence-corrected chi connectivity index (χ2v) is 2.96. The maximum Gasteiger partial charge on any atom is 0.197 e. The van der Waals surface area contributed by atoms with Gasteiger partial charge < -0.3 is 0 Å². The van der Waals surface area contributed by atoms with Crippen molar-refractivity contribution in [1.29, 1.82) is 0 Å². The standard InChI is InChI=1S/C9H10N4O/c1-7-11-9(6-14)13(12-7)8-3-2-4-10-5-8/h2-6,9H,1H3,(H,11,12). The van der Waals surface area contributed by atoms with E-state index in [0.29, 0.717) is 0 Å². The number of aliphatic imine (C=N–C) groups is 1. The fraction of sp³-hybridized carbons (Fsp3) is 0.222. The molecule has 0 saturated carbocycles. The third-order valence-corrected chi connectivity index (χ3v) is 1.92. The number of amidine groups is 1. The Kier molecular flexibility index (Phi) is 2.14. The Morgan fingerprint density at radius 2 is 2.50 bits per heavy atom. The average molecular weight is 190 g/mol. The van der Waals surface area contributed by atoms with Gasteiger partial charge in [-0.3, -0.25) is 20.2 Å². The number of carbonyl (C=O) groups is 1. The molecule has 1 aromatic heterocycles. The smallest absolute Gasteiger partial charge is 0.197 e. The predicted molar refractivity (Wildman–Crippen MR) is 52.8 cm³/mol. The van der Waals surface area contributed by atoms with Crippen LogP contribution in [0.4, 0.5) is 5.69 Å². The highest BCUT2D eigenvalue weighted by Gasteiger charge is 2.23. The minimum absolute atomic E-state index is 0.487. The molecule has 5 nitrogen and oxygen atoms in total. The highest BCUT2D eigenvalue weighted by Crippen LogP contribution is 2.15. The fourth-order valence-electron chi connectivity index (χ4n) is 1.33. The summed E-state index contributed by atoms with van der Waals surface area (Å²) in [5, 5.41) is 1.68. The number of hydrazine groups is 1. The van der Waals surface area contributed by atoms with E-state index in [4.69, 9.17) is 0 Å². The monoisotopic (exact) mass is 190 g/mol. The van der Waals surface area contributed by atoms with Gasteiger partial charge in [0.25, 0.3) is 0 Å². The van der Waals surface area contributed by atoms with Crippen molar-refractivity contribution in [2.45, 2.75) is 13.1 Å². The summed E-state index contributed by atoms with van der Waals surface area (Å²) in [7, 11) is 0. The first kappa shape index (κ1) is 8.68. The van der Waals surface area contributed by atoms with E-state index in [2.05, 4.69) is 15.4 Å². The van der Waals surface area contributed by atoms with Crippen molar-refractivity contribution in [2.24, 2.45) is 4.99 Å². The first-order chi connectivity index (χ1) is 6.81. The van der Waals surface area contributed by atoms with Gasteiger partial charge in [0.1, 0.15) is 5.84 Å². The van der Waals surface area contributed by atoms with Gasteiger partial charge in [0.15, 0.2) is 12.5 Å². The highest BCUT2D eigenvalue weighted by atomic mass is 16.1. The van der Waals surface area contributed by atoms with Crippen molar-refractivity contribution < 1.29 is 4.79 Å². The number of aldehydes is 1. The van der Waals surface area contributed by atoms with Crippen LogP contribution in [0.1, 0.15) is 6.92 Å². The highest BCUT2D eigenvalue weighted by molar-refractivity contribution is 5.87. The number of aromatic nitrogens is 1. The zero-order valence-electron chi connectivity index (χ0n) is 7.71. The topological polar surface area (TPSA) is 57.6 Å². The molecule has 0 amide bonds. The van der Waals surface area contributed by atoms with Gasteiger partial charge in [-0.25, -0.2) is 4.99 Å². The zero-order valence-corrected chi connectivity index (χ0v) is 7.71. The van der Waals surface area contributed by atoms with Crippen LogP contribution in [0.2, 0.25) is 0 Å². The van der Waals surface area contributed by atoms with Crippen LogP contribution in [0, 0.1) is 0 Å². The Balaban J connectivity index is 2.25. The summed E-state index contributed by atoms with van der Waals surface area (Å²) in [5.74, 6) is 0.728. The molecule has 0 fully saturated rings. The van der Waals surface area contributed by atoms with Crippen LogP contribution in [0.3, 0.4) is 0 Å². The molecule has 1 N–H and O–H groups in total. The van der Waals surface area contributed by atoms with Crippen molar-refractivity contribution in [3.63, 3.8) is 0 Å². The van der Waals surface area contributed by atoms with E-state index in [1.807, 2.05) is 19.1 Å². The maximum atomic E-state index is 10.7. The Morgan fingerprint density at radius 1 is 1.64 bits per heavy atom. The zero-order chi connectivity index (χ0) is 9.97. The molecular formula is C9H10N4O. The molecule has 0 aromatic carbocycles. The Bertz CT molecular complexity index is 362. The van der Waals surface area contributed by atoms with E-state index in [1.54, 1.807) is 17.4 Å². The molecule has 0 bridgehead atoms. The van der Waals surface area contributed by atoms with Crippen molar-refractivity contribution in [3.05, 3.63) is 24.5 Å². The van der Waals surface area contributed by atoms with E-state index in [9.17, 15) is 4.79 Å². The molecule has 0 radical (unpaired) electrons. The van der Waals surface area contributed by atoms with Crippen LogP contribution in [0.5, 0.6) is 0 Å². The van der Waals surface area contributed by atoms with Crippen molar-refractivity contribution in [2.75, 3.05) is 5.01 Å². The van der Waals surface area contributed by atoms with E-state index < -0.39 is 6.17 Å². The van der Waals surface area contributed by atoms with Gasteiger partial charge in [-0.15, -0.1) is 0 Å². The Morgan fingerprint density at radius 3 is 3.14 bits per heavy atom. The summed E-state index contributed by atoms with van der Waals surface area (Å²) in [6.45, 7) is 1.81. The van der Waals surface area contributed by atoms with Gasteiger partial charge in [-0.2, -0.15) is 0 Å². The van der Waals surface area contributed by atoms with E-state index >= 15 is 0 Å². The summed E-state index contributed by atoms with van der Waals surface area (Å²) in [4.78, 5) is 18.8. The van der Waals surface area contributed by atoms with Gasteiger partial charge in [0.2, 0.25) is 0 Å². The molecule has 0 spiro atoms. The fourth-order valence-corrected chi connectivity index (χ4v) is 1.33. The normalized spacial score (nSPS) is 20.2. The lowest BCUT2D eigenvalue weighted by Crippen LogP contribution is -2.41. The Labute approximate surface area is 81.4 Å².